The highest BCUT2D eigenvalue weighted by atomic mass is 35.5. The third-order valence-corrected chi connectivity index (χ3v) is 5.06. The monoisotopic (exact) mass is 380 g/mol. The Labute approximate surface area is 157 Å². The van der Waals surface area contributed by atoms with Gasteiger partial charge >= 0.3 is 0 Å². The summed E-state index contributed by atoms with van der Waals surface area (Å²) in [4.78, 5) is 14.5. The van der Waals surface area contributed by atoms with Crippen molar-refractivity contribution in [3.8, 4) is 0 Å². The molecule has 0 unspecified atom stereocenters. The lowest BCUT2D eigenvalue weighted by atomic mass is 9.93. The fourth-order valence-electron chi connectivity index (χ4n) is 3.49. The van der Waals surface area contributed by atoms with E-state index in [-0.39, 0.29) is 28.6 Å². The zero-order valence-corrected chi connectivity index (χ0v) is 15.6. The third-order valence-electron chi connectivity index (χ3n) is 4.76. The quantitative estimate of drug-likeness (QED) is 0.831. The van der Waals surface area contributed by atoms with Crippen LogP contribution in [0.5, 0.6) is 0 Å². The second-order valence-electron chi connectivity index (χ2n) is 6.56. The fraction of sp³-hybridized carbons (Fsp3) is 0.421. The molecule has 1 fully saturated rings. The average molecular weight is 381 g/mol. The minimum atomic E-state index is -0.423. The fourth-order valence-corrected chi connectivity index (χ4v) is 3.61. The van der Waals surface area contributed by atoms with Crippen LogP contribution < -0.4 is 5.32 Å². The Morgan fingerprint density at radius 2 is 2.23 bits per heavy atom. The highest BCUT2D eigenvalue weighted by molar-refractivity contribution is 6.30. The van der Waals surface area contributed by atoms with Crippen molar-refractivity contribution in [2.45, 2.75) is 19.1 Å². The summed E-state index contributed by atoms with van der Waals surface area (Å²) in [5.74, 6) is 0.361. The van der Waals surface area contributed by atoms with Crippen LogP contribution in [-0.4, -0.2) is 38.1 Å². The molecule has 0 radical (unpaired) electrons. The Kier molecular flexibility index (Phi) is 5.96. The smallest absolute Gasteiger partial charge is 0.287 e. The van der Waals surface area contributed by atoms with Gasteiger partial charge in [0.2, 0.25) is 0 Å². The molecule has 7 heteroatoms. The number of amides is 1. The molecular weight excluding hydrogens is 359 g/mol. The van der Waals surface area contributed by atoms with Crippen LogP contribution in [0.25, 0.3) is 0 Å². The number of hydrogen-bond donors (Lipinski definition) is 1. The number of hydrogen-bond acceptors (Lipinski definition) is 4. The molecule has 3 rings (SSSR count). The van der Waals surface area contributed by atoms with Gasteiger partial charge in [0.25, 0.3) is 5.91 Å². The summed E-state index contributed by atoms with van der Waals surface area (Å²) in [6.07, 6.45) is 0.915. The molecule has 26 heavy (non-hydrogen) atoms. The lowest BCUT2D eigenvalue weighted by Gasteiger charge is -2.26. The number of nitrogens with one attached hydrogen (secondary N) is 1. The molecule has 1 aromatic carbocycles. The van der Waals surface area contributed by atoms with Crippen molar-refractivity contribution in [3.63, 3.8) is 0 Å². The summed E-state index contributed by atoms with van der Waals surface area (Å²) in [6.45, 7) is 1.69. The van der Waals surface area contributed by atoms with Gasteiger partial charge in [-0.2, -0.15) is 0 Å². The zero-order valence-electron chi connectivity index (χ0n) is 14.8. The Bertz CT molecular complexity index is 780. The average Bonchev–Trinajstić information content (AvgIpc) is 3.22. The van der Waals surface area contributed by atoms with Crippen molar-refractivity contribution in [2.24, 2.45) is 5.92 Å². The maximum Gasteiger partial charge on any atom is 0.287 e. The number of rotatable bonds is 6. The second kappa shape index (κ2) is 8.20. The Morgan fingerprint density at radius 1 is 1.42 bits per heavy atom. The van der Waals surface area contributed by atoms with E-state index < -0.39 is 5.82 Å². The number of benzene rings is 1. The predicted molar refractivity (Wildman–Crippen MR) is 96.6 cm³/mol. The molecule has 2 aromatic rings. The molecule has 0 bridgehead atoms. The maximum atomic E-state index is 13.8. The van der Waals surface area contributed by atoms with Crippen LogP contribution in [-0.2, 0) is 11.3 Å². The van der Waals surface area contributed by atoms with E-state index in [0.717, 1.165) is 18.5 Å². The lowest BCUT2D eigenvalue weighted by Crippen LogP contribution is -2.32. The zero-order chi connectivity index (χ0) is 18.7. The van der Waals surface area contributed by atoms with Crippen molar-refractivity contribution >= 4 is 17.5 Å². The number of likely N-dealkylation sites (tertiary alicyclic amines) is 1. The van der Waals surface area contributed by atoms with Crippen LogP contribution >= 0.6 is 11.6 Å². The van der Waals surface area contributed by atoms with E-state index in [1.807, 2.05) is 13.1 Å². The molecule has 1 aliphatic rings. The molecule has 0 aliphatic carbocycles. The molecule has 140 valence electrons. The molecule has 2 atom stereocenters. The first-order valence-electron chi connectivity index (χ1n) is 8.50. The Hall–Kier alpha value is -1.89. The van der Waals surface area contributed by atoms with E-state index in [1.165, 1.54) is 6.07 Å². The molecule has 1 amide bonds. The minimum absolute atomic E-state index is 0.0303. The maximum absolute atomic E-state index is 13.8. The minimum Gasteiger partial charge on any atom is -0.453 e. The number of nitrogens with zero attached hydrogens (tertiary/aromatic N) is 1. The van der Waals surface area contributed by atoms with Crippen LogP contribution in [0.15, 0.2) is 34.7 Å². The van der Waals surface area contributed by atoms with Crippen LogP contribution in [0, 0.1) is 11.7 Å². The van der Waals surface area contributed by atoms with Crippen LogP contribution in [0.1, 0.15) is 34.3 Å². The number of halogens is 2. The van der Waals surface area contributed by atoms with Gasteiger partial charge in [0.1, 0.15) is 18.2 Å². The first-order valence-corrected chi connectivity index (χ1v) is 8.88. The molecule has 2 heterocycles. The largest absolute Gasteiger partial charge is 0.453 e. The summed E-state index contributed by atoms with van der Waals surface area (Å²) >= 11 is 5.79. The van der Waals surface area contributed by atoms with Crippen molar-refractivity contribution < 1.29 is 18.3 Å². The summed E-state index contributed by atoms with van der Waals surface area (Å²) in [5, 5.41) is 3.04. The molecular formula is C19H22ClFN2O3. The van der Waals surface area contributed by atoms with Gasteiger partial charge in [-0.05, 0) is 55.8 Å². The highest BCUT2D eigenvalue weighted by Gasteiger charge is 2.33. The van der Waals surface area contributed by atoms with Crippen molar-refractivity contribution in [1.29, 1.82) is 0 Å². The normalized spacial score (nSPS) is 20.5. The third kappa shape index (κ3) is 4.09. The highest BCUT2D eigenvalue weighted by Crippen LogP contribution is 2.36. The van der Waals surface area contributed by atoms with Gasteiger partial charge in [0, 0.05) is 19.7 Å². The van der Waals surface area contributed by atoms with E-state index >= 15 is 0 Å². The van der Waals surface area contributed by atoms with Gasteiger partial charge in [0.05, 0.1) is 5.02 Å². The van der Waals surface area contributed by atoms with E-state index in [0.29, 0.717) is 18.9 Å². The van der Waals surface area contributed by atoms with Crippen LogP contribution in [0.3, 0.4) is 0 Å². The Balaban J connectivity index is 1.65. The summed E-state index contributed by atoms with van der Waals surface area (Å²) < 4.78 is 24.3. The molecule has 1 saturated heterocycles. The van der Waals surface area contributed by atoms with Crippen molar-refractivity contribution in [3.05, 3.63) is 58.3 Å². The summed E-state index contributed by atoms with van der Waals surface area (Å²) in [5.41, 5.74) is 0.867. The number of ether oxygens (including phenoxy) is 1. The van der Waals surface area contributed by atoms with Gasteiger partial charge in [-0.1, -0.05) is 17.7 Å². The van der Waals surface area contributed by atoms with Crippen LogP contribution in [0.4, 0.5) is 4.39 Å². The first-order chi connectivity index (χ1) is 12.5. The van der Waals surface area contributed by atoms with Gasteiger partial charge in [-0.25, -0.2) is 4.39 Å². The van der Waals surface area contributed by atoms with E-state index in [4.69, 9.17) is 20.8 Å². The predicted octanol–water partition coefficient (Wildman–Crippen LogP) is 3.64. The molecule has 0 spiro atoms. The van der Waals surface area contributed by atoms with E-state index in [2.05, 4.69) is 10.2 Å². The first kappa shape index (κ1) is 18.9. The SMILES string of the molecule is COCc1ccc(C(=O)NC[C@@H]2CCN(C)[C@H]2c2ccc(Cl)c(F)c2)o1. The lowest BCUT2D eigenvalue weighted by molar-refractivity contribution is 0.0907. The van der Waals surface area contributed by atoms with Crippen molar-refractivity contribution in [1.82, 2.24) is 10.2 Å². The molecule has 1 aliphatic heterocycles. The van der Waals surface area contributed by atoms with Gasteiger partial charge in [-0.3, -0.25) is 9.69 Å². The molecule has 1 aromatic heterocycles. The van der Waals surface area contributed by atoms with Gasteiger partial charge in [-0.15, -0.1) is 0 Å². The summed E-state index contributed by atoms with van der Waals surface area (Å²) in [6, 6.07) is 8.29. The summed E-state index contributed by atoms with van der Waals surface area (Å²) in [7, 11) is 3.57. The number of furan rings is 1. The Morgan fingerprint density at radius 3 is 2.96 bits per heavy atom. The number of carbonyl (C=O) groups excluding carboxylic acids is 1. The van der Waals surface area contributed by atoms with E-state index in [1.54, 1.807) is 25.3 Å². The molecule has 1 N–H and O–H groups in total. The van der Waals surface area contributed by atoms with Crippen LogP contribution in [0.2, 0.25) is 5.02 Å². The van der Waals surface area contributed by atoms with Gasteiger partial charge in [0.15, 0.2) is 5.76 Å². The standard InChI is InChI=1S/C19H22ClFN2O3/c1-23-8-7-13(18(23)12-3-5-15(20)16(21)9-12)10-22-19(24)17-6-4-14(26-17)11-25-2/h3-6,9,13,18H,7-8,10-11H2,1-2H3,(H,22,24)/t13-,18-/m0/s1. The van der Waals surface area contributed by atoms with Gasteiger partial charge < -0.3 is 14.5 Å². The molecule has 5 nitrogen and oxygen atoms in total. The topological polar surface area (TPSA) is 54.7 Å². The van der Waals surface area contributed by atoms with E-state index in [9.17, 15) is 9.18 Å². The number of carbonyl (C=O) groups is 1. The number of methoxy groups -OCH3 is 1. The van der Waals surface area contributed by atoms with Crippen molar-refractivity contribution in [2.75, 3.05) is 27.2 Å². The molecule has 0 saturated carbocycles. The second-order valence-corrected chi connectivity index (χ2v) is 6.96.